The van der Waals surface area contributed by atoms with Gasteiger partial charge in [0.2, 0.25) is 11.8 Å². The van der Waals surface area contributed by atoms with Gasteiger partial charge in [0.15, 0.2) is 0 Å². The highest BCUT2D eigenvalue weighted by Crippen LogP contribution is 2.41. The molecule has 22 heavy (non-hydrogen) atoms. The minimum Gasteiger partial charge on any atom is -0.378 e. The van der Waals surface area contributed by atoms with E-state index in [1.807, 2.05) is 24.3 Å². The smallest absolute Gasteiger partial charge is 0.242 e. The van der Waals surface area contributed by atoms with Crippen molar-refractivity contribution in [1.29, 1.82) is 0 Å². The number of ether oxygens (including phenoxy) is 1. The molecule has 2 amide bonds. The number of amides is 2. The summed E-state index contributed by atoms with van der Waals surface area (Å²) in [5.74, 6) is 0.333. The van der Waals surface area contributed by atoms with Crippen LogP contribution in [0.4, 0.5) is 0 Å². The van der Waals surface area contributed by atoms with Crippen molar-refractivity contribution in [3.63, 3.8) is 0 Å². The van der Waals surface area contributed by atoms with Crippen molar-refractivity contribution in [3.8, 4) is 0 Å². The molecule has 0 aliphatic carbocycles. The number of benzene rings is 1. The first kappa shape index (κ1) is 15.6. The first-order valence-corrected chi connectivity index (χ1v) is 8.60. The van der Waals surface area contributed by atoms with Crippen molar-refractivity contribution in [2.45, 2.75) is 5.37 Å². The first-order chi connectivity index (χ1) is 10.7. The lowest BCUT2D eigenvalue weighted by molar-refractivity contribution is -0.141. The second-order valence-electron chi connectivity index (χ2n) is 5.20. The number of morpholine rings is 1. The SMILES string of the molecule is O=C(CN1C(=O)CSC1c1ccccc1Cl)N1CCOCC1. The van der Waals surface area contributed by atoms with E-state index in [-0.39, 0.29) is 23.7 Å². The number of hydrogen-bond acceptors (Lipinski definition) is 4. The summed E-state index contributed by atoms with van der Waals surface area (Å²) in [6, 6.07) is 7.47. The van der Waals surface area contributed by atoms with Gasteiger partial charge in [0.1, 0.15) is 11.9 Å². The third-order valence-corrected chi connectivity index (χ3v) is 5.39. The third-order valence-electron chi connectivity index (χ3n) is 3.81. The van der Waals surface area contributed by atoms with Gasteiger partial charge in [-0.25, -0.2) is 0 Å². The molecule has 1 aromatic rings. The Morgan fingerprint density at radius 2 is 2.05 bits per heavy atom. The Balaban J connectivity index is 1.74. The first-order valence-electron chi connectivity index (χ1n) is 7.18. The topological polar surface area (TPSA) is 49.9 Å². The van der Waals surface area contributed by atoms with E-state index in [1.54, 1.807) is 9.80 Å². The van der Waals surface area contributed by atoms with Gasteiger partial charge >= 0.3 is 0 Å². The maximum atomic E-state index is 12.4. The number of carbonyl (C=O) groups is 2. The molecule has 2 heterocycles. The second kappa shape index (κ2) is 6.89. The van der Waals surface area contributed by atoms with Crippen LogP contribution >= 0.6 is 23.4 Å². The molecule has 118 valence electrons. The van der Waals surface area contributed by atoms with Gasteiger partial charge in [-0.2, -0.15) is 0 Å². The molecule has 2 aliphatic rings. The summed E-state index contributed by atoms with van der Waals surface area (Å²) in [6.45, 7) is 2.39. The van der Waals surface area contributed by atoms with Crippen molar-refractivity contribution < 1.29 is 14.3 Å². The standard InChI is InChI=1S/C15H17ClN2O3S/c16-12-4-2-1-3-11(12)15-18(14(20)10-22-15)9-13(19)17-5-7-21-8-6-17/h1-4,15H,5-10H2. The summed E-state index contributed by atoms with van der Waals surface area (Å²) in [6.07, 6.45) is 0. The predicted octanol–water partition coefficient (Wildman–Crippen LogP) is 1.77. The van der Waals surface area contributed by atoms with Crippen LogP contribution in [0, 0.1) is 0 Å². The van der Waals surface area contributed by atoms with Crippen molar-refractivity contribution in [1.82, 2.24) is 9.80 Å². The number of hydrogen-bond donors (Lipinski definition) is 0. The number of carbonyl (C=O) groups excluding carboxylic acids is 2. The number of nitrogens with zero attached hydrogens (tertiary/aromatic N) is 2. The van der Waals surface area contributed by atoms with Gasteiger partial charge in [0.25, 0.3) is 0 Å². The predicted molar refractivity (Wildman–Crippen MR) is 85.8 cm³/mol. The molecular formula is C15H17ClN2O3S. The van der Waals surface area contributed by atoms with Crippen LogP contribution in [0.2, 0.25) is 5.02 Å². The average molecular weight is 341 g/mol. The van der Waals surface area contributed by atoms with E-state index in [0.717, 1.165) is 5.56 Å². The van der Waals surface area contributed by atoms with Crippen LogP contribution in [0.5, 0.6) is 0 Å². The van der Waals surface area contributed by atoms with E-state index < -0.39 is 0 Å². The lowest BCUT2D eigenvalue weighted by Gasteiger charge is -2.30. The van der Waals surface area contributed by atoms with Crippen LogP contribution in [-0.2, 0) is 14.3 Å². The van der Waals surface area contributed by atoms with E-state index in [2.05, 4.69) is 0 Å². The Labute approximate surface area is 138 Å². The summed E-state index contributed by atoms with van der Waals surface area (Å²) in [5, 5.41) is 0.435. The molecule has 2 aliphatic heterocycles. The zero-order valence-electron chi connectivity index (χ0n) is 12.0. The van der Waals surface area contributed by atoms with Crippen molar-refractivity contribution in [2.24, 2.45) is 0 Å². The molecule has 0 radical (unpaired) electrons. The maximum absolute atomic E-state index is 12.4. The van der Waals surface area contributed by atoms with Gasteiger partial charge in [-0.3, -0.25) is 9.59 Å². The molecule has 0 bridgehead atoms. The molecule has 3 rings (SSSR count). The number of halogens is 1. The summed E-state index contributed by atoms with van der Waals surface area (Å²) in [4.78, 5) is 27.9. The molecule has 1 atom stereocenters. The molecule has 0 spiro atoms. The minimum absolute atomic E-state index is 0.0171. The summed E-state index contributed by atoms with van der Waals surface area (Å²) < 4.78 is 5.25. The second-order valence-corrected chi connectivity index (χ2v) is 6.68. The quantitative estimate of drug-likeness (QED) is 0.841. The van der Waals surface area contributed by atoms with E-state index in [4.69, 9.17) is 16.3 Å². The Kier molecular flexibility index (Phi) is 4.90. The van der Waals surface area contributed by atoms with Gasteiger partial charge in [-0.1, -0.05) is 29.8 Å². The molecule has 1 unspecified atom stereocenters. The zero-order chi connectivity index (χ0) is 15.5. The van der Waals surface area contributed by atoms with Gasteiger partial charge in [-0.05, 0) is 6.07 Å². The van der Waals surface area contributed by atoms with Crippen LogP contribution in [0.1, 0.15) is 10.9 Å². The summed E-state index contributed by atoms with van der Waals surface area (Å²) in [5.41, 5.74) is 0.884. The lowest BCUT2D eigenvalue weighted by atomic mass is 10.2. The van der Waals surface area contributed by atoms with E-state index >= 15 is 0 Å². The monoisotopic (exact) mass is 340 g/mol. The molecule has 1 aromatic carbocycles. The van der Waals surface area contributed by atoms with Crippen LogP contribution in [-0.4, -0.2) is 60.2 Å². The summed E-state index contributed by atoms with van der Waals surface area (Å²) >= 11 is 7.75. The molecule has 0 aromatic heterocycles. The Morgan fingerprint density at radius 1 is 1.32 bits per heavy atom. The molecule has 2 fully saturated rings. The Hall–Kier alpha value is -1.24. The van der Waals surface area contributed by atoms with Gasteiger partial charge in [0, 0.05) is 23.7 Å². The average Bonchev–Trinajstić information content (AvgIpc) is 2.90. The van der Waals surface area contributed by atoms with Crippen LogP contribution in [0.25, 0.3) is 0 Å². The van der Waals surface area contributed by atoms with E-state index in [9.17, 15) is 9.59 Å². The lowest BCUT2D eigenvalue weighted by Crippen LogP contribution is -2.46. The van der Waals surface area contributed by atoms with Gasteiger partial charge in [0.05, 0.1) is 19.0 Å². The van der Waals surface area contributed by atoms with Crippen molar-refractivity contribution in [2.75, 3.05) is 38.6 Å². The molecule has 7 heteroatoms. The van der Waals surface area contributed by atoms with Crippen LogP contribution in [0.3, 0.4) is 0 Å². The fourth-order valence-corrected chi connectivity index (χ4v) is 4.14. The largest absolute Gasteiger partial charge is 0.378 e. The third kappa shape index (κ3) is 3.24. The molecule has 2 saturated heterocycles. The summed E-state index contributed by atoms with van der Waals surface area (Å²) in [7, 11) is 0. The van der Waals surface area contributed by atoms with Crippen LogP contribution < -0.4 is 0 Å². The fourth-order valence-electron chi connectivity index (χ4n) is 2.62. The minimum atomic E-state index is -0.189. The molecule has 0 N–H and O–H groups in total. The Bertz CT molecular complexity index is 578. The van der Waals surface area contributed by atoms with Crippen LogP contribution in [0.15, 0.2) is 24.3 Å². The van der Waals surface area contributed by atoms with Crippen molar-refractivity contribution >= 4 is 35.2 Å². The highest BCUT2D eigenvalue weighted by atomic mass is 35.5. The van der Waals surface area contributed by atoms with Gasteiger partial charge in [-0.15, -0.1) is 11.8 Å². The maximum Gasteiger partial charge on any atom is 0.242 e. The highest BCUT2D eigenvalue weighted by Gasteiger charge is 2.36. The fraction of sp³-hybridized carbons (Fsp3) is 0.467. The Morgan fingerprint density at radius 3 is 2.77 bits per heavy atom. The van der Waals surface area contributed by atoms with E-state index in [0.29, 0.717) is 37.1 Å². The zero-order valence-corrected chi connectivity index (χ0v) is 13.6. The van der Waals surface area contributed by atoms with E-state index in [1.165, 1.54) is 11.8 Å². The molecule has 5 nitrogen and oxygen atoms in total. The highest BCUT2D eigenvalue weighted by molar-refractivity contribution is 8.00. The van der Waals surface area contributed by atoms with Crippen molar-refractivity contribution in [3.05, 3.63) is 34.9 Å². The molecule has 0 saturated carbocycles. The van der Waals surface area contributed by atoms with Gasteiger partial charge < -0.3 is 14.5 Å². The molecular weight excluding hydrogens is 324 g/mol. The normalized spacial score (nSPS) is 22.2. The number of thioether (sulfide) groups is 1. The number of rotatable bonds is 3.